The maximum atomic E-state index is 12.1. The maximum Gasteiger partial charge on any atom is 0.319 e. The molecule has 0 spiro atoms. The second-order valence-corrected chi connectivity index (χ2v) is 5.83. The van der Waals surface area contributed by atoms with Crippen LogP contribution in [0.15, 0.2) is 24.3 Å². The van der Waals surface area contributed by atoms with Crippen molar-refractivity contribution < 1.29 is 4.79 Å². The van der Waals surface area contributed by atoms with E-state index in [2.05, 4.69) is 30.5 Å². The Morgan fingerprint density at radius 2 is 1.95 bits per heavy atom. The lowest BCUT2D eigenvalue weighted by atomic mass is 9.95. The summed E-state index contributed by atoms with van der Waals surface area (Å²) in [6.07, 6.45) is 7.06. The minimum absolute atomic E-state index is 0.0624. The van der Waals surface area contributed by atoms with E-state index in [-0.39, 0.29) is 6.03 Å². The summed E-state index contributed by atoms with van der Waals surface area (Å²) in [5.41, 5.74) is 2.16. The molecule has 0 saturated heterocycles. The highest BCUT2D eigenvalue weighted by Crippen LogP contribution is 2.26. The first-order chi connectivity index (χ1) is 9.70. The average molecular weight is 274 g/mol. The van der Waals surface area contributed by atoms with E-state index in [0.29, 0.717) is 12.0 Å². The zero-order valence-corrected chi connectivity index (χ0v) is 12.6. The molecule has 1 aliphatic rings. The van der Waals surface area contributed by atoms with E-state index in [9.17, 15) is 4.79 Å². The number of carbonyl (C=O) groups is 1. The molecule has 3 heteroatoms. The van der Waals surface area contributed by atoms with Gasteiger partial charge in [0.25, 0.3) is 0 Å². The number of amides is 2. The summed E-state index contributed by atoms with van der Waals surface area (Å²) in [6, 6.07) is 8.38. The lowest BCUT2D eigenvalue weighted by Crippen LogP contribution is -2.39. The molecule has 110 valence electrons. The lowest BCUT2D eigenvalue weighted by molar-refractivity contribution is 0.244. The lowest BCUT2D eigenvalue weighted by Gasteiger charge is -2.23. The van der Waals surface area contributed by atoms with Crippen molar-refractivity contribution in [1.82, 2.24) is 5.32 Å². The van der Waals surface area contributed by atoms with E-state index in [1.807, 2.05) is 18.2 Å². The van der Waals surface area contributed by atoms with Crippen LogP contribution in [-0.4, -0.2) is 12.1 Å². The predicted octanol–water partition coefficient (Wildman–Crippen LogP) is 4.65. The molecule has 0 radical (unpaired) electrons. The van der Waals surface area contributed by atoms with Gasteiger partial charge >= 0.3 is 6.03 Å². The molecule has 1 aromatic rings. The second kappa shape index (κ2) is 7.32. The monoisotopic (exact) mass is 274 g/mol. The molecule has 2 rings (SSSR count). The summed E-state index contributed by atoms with van der Waals surface area (Å²) in [6.45, 7) is 4.36. The Morgan fingerprint density at radius 3 is 2.65 bits per heavy atom. The number of urea groups is 1. The quantitative estimate of drug-likeness (QED) is 0.824. The van der Waals surface area contributed by atoms with E-state index in [4.69, 9.17) is 0 Å². The van der Waals surface area contributed by atoms with Gasteiger partial charge in [-0.25, -0.2) is 4.79 Å². The first-order valence-electron chi connectivity index (χ1n) is 7.87. The van der Waals surface area contributed by atoms with Gasteiger partial charge < -0.3 is 10.6 Å². The summed E-state index contributed by atoms with van der Waals surface area (Å²) in [5.74, 6) is 0.459. The third-order valence-electron chi connectivity index (χ3n) is 4.29. The van der Waals surface area contributed by atoms with Gasteiger partial charge in [0, 0.05) is 11.7 Å². The Bertz CT molecular complexity index is 438. The molecule has 1 aliphatic carbocycles. The topological polar surface area (TPSA) is 41.1 Å². The number of benzene rings is 1. The van der Waals surface area contributed by atoms with Gasteiger partial charge in [0.2, 0.25) is 0 Å². The van der Waals surface area contributed by atoms with Crippen LogP contribution in [0.1, 0.15) is 63.9 Å². The normalized spacial score (nSPS) is 17.5. The molecular weight excluding hydrogens is 248 g/mol. The van der Waals surface area contributed by atoms with Crippen molar-refractivity contribution in [2.24, 2.45) is 0 Å². The van der Waals surface area contributed by atoms with Crippen LogP contribution in [0, 0.1) is 0 Å². The van der Waals surface area contributed by atoms with Crippen LogP contribution in [0.5, 0.6) is 0 Å². The zero-order chi connectivity index (χ0) is 14.4. The average Bonchev–Trinajstić information content (AvgIpc) is 2.48. The Kier molecular flexibility index (Phi) is 5.45. The highest BCUT2D eigenvalue weighted by Gasteiger charge is 2.16. The minimum atomic E-state index is -0.0624. The SMILES string of the molecule is CCC(C)c1ccccc1NC(=O)NC1CCCCC1. The predicted molar refractivity (Wildman–Crippen MR) is 84.2 cm³/mol. The van der Waals surface area contributed by atoms with Gasteiger partial charge in [-0.1, -0.05) is 51.3 Å². The molecule has 0 aliphatic heterocycles. The molecule has 0 heterocycles. The molecular formula is C17H26N2O. The van der Waals surface area contributed by atoms with Gasteiger partial charge in [-0.2, -0.15) is 0 Å². The molecule has 1 unspecified atom stereocenters. The highest BCUT2D eigenvalue weighted by molar-refractivity contribution is 5.90. The van der Waals surface area contributed by atoms with Crippen molar-refractivity contribution in [1.29, 1.82) is 0 Å². The van der Waals surface area contributed by atoms with Gasteiger partial charge in [0.1, 0.15) is 0 Å². The van der Waals surface area contributed by atoms with E-state index in [0.717, 1.165) is 24.9 Å². The molecule has 2 N–H and O–H groups in total. The third kappa shape index (κ3) is 3.99. The summed E-state index contributed by atoms with van der Waals surface area (Å²) in [7, 11) is 0. The molecule has 1 fully saturated rings. The molecule has 0 aromatic heterocycles. The van der Waals surface area contributed by atoms with Crippen molar-refractivity contribution in [3.05, 3.63) is 29.8 Å². The number of anilines is 1. The fraction of sp³-hybridized carbons (Fsp3) is 0.588. The van der Waals surface area contributed by atoms with Crippen LogP contribution in [0.4, 0.5) is 10.5 Å². The highest BCUT2D eigenvalue weighted by atomic mass is 16.2. The first kappa shape index (κ1) is 14.9. The molecule has 1 saturated carbocycles. The molecule has 2 amide bonds. The van der Waals surface area contributed by atoms with Crippen molar-refractivity contribution in [2.75, 3.05) is 5.32 Å². The van der Waals surface area contributed by atoms with Crippen molar-refractivity contribution in [3.63, 3.8) is 0 Å². The van der Waals surface area contributed by atoms with Crippen molar-refractivity contribution in [2.45, 2.75) is 64.3 Å². The molecule has 1 aromatic carbocycles. The zero-order valence-electron chi connectivity index (χ0n) is 12.6. The Labute approximate surface area is 122 Å². The fourth-order valence-corrected chi connectivity index (χ4v) is 2.85. The maximum absolute atomic E-state index is 12.1. The van der Waals surface area contributed by atoms with Crippen LogP contribution in [0.2, 0.25) is 0 Å². The number of nitrogens with one attached hydrogen (secondary N) is 2. The van der Waals surface area contributed by atoms with Crippen LogP contribution in [0.3, 0.4) is 0 Å². The van der Waals surface area contributed by atoms with Crippen LogP contribution in [0.25, 0.3) is 0 Å². The van der Waals surface area contributed by atoms with Gasteiger partial charge in [0.15, 0.2) is 0 Å². The number of rotatable bonds is 4. The van der Waals surface area contributed by atoms with Crippen LogP contribution in [-0.2, 0) is 0 Å². The largest absolute Gasteiger partial charge is 0.335 e. The summed E-state index contributed by atoms with van der Waals surface area (Å²) >= 11 is 0. The van der Waals surface area contributed by atoms with Gasteiger partial charge in [0.05, 0.1) is 0 Å². The standard InChI is InChI=1S/C17H26N2O/c1-3-13(2)15-11-7-8-12-16(15)19-17(20)18-14-9-5-4-6-10-14/h7-8,11-14H,3-6,9-10H2,1-2H3,(H2,18,19,20). The van der Waals surface area contributed by atoms with Crippen molar-refractivity contribution >= 4 is 11.7 Å². The fourth-order valence-electron chi connectivity index (χ4n) is 2.85. The summed E-state index contributed by atoms with van der Waals surface area (Å²) in [4.78, 5) is 12.1. The second-order valence-electron chi connectivity index (χ2n) is 5.83. The number of hydrogen-bond donors (Lipinski definition) is 2. The van der Waals surface area contributed by atoms with Gasteiger partial charge in [-0.3, -0.25) is 0 Å². The van der Waals surface area contributed by atoms with E-state index in [1.165, 1.54) is 24.8 Å². The summed E-state index contributed by atoms with van der Waals surface area (Å²) < 4.78 is 0. The number of hydrogen-bond acceptors (Lipinski definition) is 1. The number of para-hydroxylation sites is 1. The van der Waals surface area contributed by atoms with Crippen molar-refractivity contribution in [3.8, 4) is 0 Å². The minimum Gasteiger partial charge on any atom is -0.335 e. The number of carbonyl (C=O) groups excluding carboxylic acids is 1. The third-order valence-corrected chi connectivity index (χ3v) is 4.29. The molecule has 3 nitrogen and oxygen atoms in total. The van der Waals surface area contributed by atoms with E-state index in [1.54, 1.807) is 0 Å². The first-order valence-corrected chi connectivity index (χ1v) is 7.87. The smallest absolute Gasteiger partial charge is 0.319 e. The summed E-state index contributed by atoms with van der Waals surface area (Å²) in [5, 5.41) is 6.12. The van der Waals surface area contributed by atoms with Gasteiger partial charge in [-0.05, 0) is 36.8 Å². The van der Waals surface area contributed by atoms with Crippen LogP contribution < -0.4 is 10.6 Å². The Hall–Kier alpha value is -1.51. The Balaban J connectivity index is 1.96. The van der Waals surface area contributed by atoms with E-state index >= 15 is 0 Å². The molecule has 20 heavy (non-hydrogen) atoms. The van der Waals surface area contributed by atoms with Crippen LogP contribution >= 0.6 is 0 Å². The molecule has 1 atom stereocenters. The Morgan fingerprint density at radius 1 is 1.25 bits per heavy atom. The van der Waals surface area contributed by atoms with Gasteiger partial charge in [-0.15, -0.1) is 0 Å². The van der Waals surface area contributed by atoms with E-state index < -0.39 is 0 Å². The molecule has 0 bridgehead atoms.